The molecule has 0 rings (SSSR count). The Kier molecular flexibility index (Phi) is 21.0. The van der Waals surface area contributed by atoms with Gasteiger partial charge in [0.25, 0.3) is 0 Å². The molecule has 2 atom stereocenters. The Morgan fingerprint density at radius 2 is 0.968 bits per heavy atom. The Labute approximate surface area is 196 Å². The molecule has 0 aliphatic rings. The molecule has 0 aromatic rings. The van der Waals surface area contributed by atoms with Gasteiger partial charge >= 0.3 is 5.97 Å². The standard InChI is InChI=1S/C29H58O2/c1-5-8-11-14-15-16-18-21-24-27(23-20-17-12-9-6-2)26-29(4,28(30)31)25-22-19-13-10-7-3/h27H,5-26H2,1-4H3,(H,30,31). The van der Waals surface area contributed by atoms with Gasteiger partial charge in [0.15, 0.2) is 0 Å². The predicted molar refractivity (Wildman–Crippen MR) is 138 cm³/mol. The highest BCUT2D eigenvalue weighted by Gasteiger charge is 2.34. The Bertz CT molecular complexity index is 392. The third kappa shape index (κ3) is 17.7. The van der Waals surface area contributed by atoms with Gasteiger partial charge in [-0.05, 0) is 25.7 Å². The van der Waals surface area contributed by atoms with Crippen molar-refractivity contribution in [3.63, 3.8) is 0 Å². The maximum Gasteiger partial charge on any atom is 0.309 e. The molecule has 0 fully saturated rings. The first-order valence-corrected chi connectivity index (χ1v) is 14.2. The molecule has 0 amide bonds. The van der Waals surface area contributed by atoms with Crippen molar-refractivity contribution in [3.05, 3.63) is 0 Å². The first-order valence-electron chi connectivity index (χ1n) is 14.2. The van der Waals surface area contributed by atoms with Crippen LogP contribution in [0, 0.1) is 11.3 Å². The first kappa shape index (κ1) is 30.5. The number of hydrogen-bond donors (Lipinski definition) is 1. The van der Waals surface area contributed by atoms with Gasteiger partial charge in [0.2, 0.25) is 0 Å². The van der Waals surface area contributed by atoms with Gasteiger partial charge in [-0.3, -0.25) is 4.79 Å². The van der Waals surface area contributed by atoms with E-state index in [1.54, 1.807) is 0 Å². The monoisotopic (exact) mass is 438 g/mol. The lowest BCUT2D eigenvalue weighted by atomic mass is 9.74. The molecule has 0 radical (unpaired) electrons. The topological polar surface area (TPSA) is 37.3 Å². The third-order valence-corrected chi connectivity index (χ3v) is 7.27. The molecule has 0 bridgehead atoms. The lowest BCUT2D eigenvalue weighted by Crippen LogP contribution is -2.30. The molecular weight excluding hydrogens is 380 g/mol. The van der Waals surface area contributed by atoms with Crippen LogP contribution in [0.4, 0.5) is 0 Å². The molecule has 31 heavy (non-hydrogen) atoms. The highest BCUT2D eigenvalue weighted by molar-refractivity contribution is 5.74. The van der Waals surface area contributed by atoms with Gasteiger partial charge in [0.1, 0.15) is 0 Å². The predicted octanol–water partition coefficient (Wildman–Crippen LogP) is 10.3. The van der Waals surface area contributed by atoms with Crippen molar-refractivity contribution in [2.75, 3.05) is 0 Å². The number of aliphatic carboxylic acids is 1. The van der Waals surface area contributed by atoms with Gasteiger partial charge in [-0.25, -0.2) is 0 Å². The fourth-order valence-electron chi connectivity index (χ4n) is 5.00. The summed E-state index contributed by atoms with van der Waals surface area (Å²) in [5.74, 6) is 0.0355. The summed E-state index contributed by atoms with van der Waals surface area (Å²) in [6, 6.07) is 0. The second-order valence-electron chi connectivity index (χ2n) is 10.6. The maximum atomic E-state index is 12.2. The van der Waals surface area contributed by atoms with Gasteiger partial charge in [0, 0.05) is 0 Å². The van der Waals surface area contributed by atoms with Crippen LogP contribution in [0.5, 0.6) is 0 Å². The van der Waals surface area contributed by atoms with Crippen molar-refractivity contribution >= 4 is 5.97 Å². The zero-order valence-corrected chi connectivity index (χ0v) is 22.0. The highest BCUT2D eigenvalue weighted by atomic mass is 16.4. The van der Waals surface area contributed by atoms with E-state index in [4.69, 9.17) is 0 Å². The molecule has 0 saturated carbocycles. The van der Waals surface area contributed by atoms with E-state index in [0.717, 1.165) is 19.3 Å². The molecule has 186 valence electrons. The lowest BCUT2D eigenvalue weighted by molar-refractivity contribution is -0.149. The van der Waals surface area contributed by atoms with Gasteiger partial charge in [0.05, 0.1) is 5.41 Å². The summed E-state index contributed by atoms with van der Waals surface area (Å²) in [6.45, 7) is 8.81. The second kappa shape index (κ2) is 21.3. The van der Waals surface area contributed by atoms with Crippen LogP contribution in [0.25, 0.3) is 0 Å². The van der Waals surface area contributed by atoms with E-state index < -0.39 is 11.4 Å². The highest BCUT2D eigenvalue weighted by Crippen LogP contribution is 2.37. The molecule has 0 aliphatic heterocycles. The van der Waals surface area contributed by atoms with Gasteiger partial charge in [-0.1, -0.05) is 149 Å². The fourth-order valence-corrected chi connectivity index (χ4v) is 5.00. The molecule has 0 aromatic heterocycles. The van der Waals surface area contributed by atoms with Crippen LogP contribution in [0.15, 0.2) is 0 Å². The quantitative estimate of drug-likeness (QED) is 0.152. The van der Waals surface area contributed by atoms with Crippen molar-refractivity contribution in [1.29, 1.82) is 0 Å². The van der Waals surface area contributed by atoms with E-state index in [9.17, 15) is 9.90 Å². The van der Waals surface area contributed by atoms with Gasteiger partial charge in [-0.15, -0.1) is 0 Å². The van der Waals surface area contributed by atoms with E-state index in [1.165, 1.54) is 122 Å². The summed E-state index contributed by atoms with van der Waals surface area (Å²) in [7, 11) is 0. The van der Waals surface area contributed by atoms with Gasteiger partial charge in [-0.2, -0.15) is 0 Å². The average molecular weight is 439 g/mol. The third-order valence-electron chi connectivity index (χ3n) is 7.27. The van der Waals surface area contributed by atoms with E-state index in [-0.39, 0.29) is 0 Å². The van der Waals surface area contributed by atoms with Crippen molar-refractivity contribution in [1.82, 2.24) is 0 Å². The number of carboxylic acid groups (broad SMARTS) is 1. The zero-order chi connectivity index (χ0) is 23.2. The number of carbonyl (C=O) groups is 1. The lowest BCUT2D eigenvalue weighted by Gasteiger charge is -2.30. The summed E-state index contributed by atoms with van der Waals surface area (Å²) in [5, 5.41) is 10.0. The summed E-state index contributed by atoms with van der Waals surface area (Å²) in [6.07, 6.45) is 27.7. The Balaban J connectivity index is 4.51. The molecule has 0 spiro atoms. The molecular formula is C29H58O2. The minimum absolute atomic E-state index is 0.527. The van der Waals surface area contributed by atoms with Crippen LogP contribution in [0.2, 0.25) is 0 Å². The van der Waals surface area contributed by atoms with Crippen LogP contribution in [-0.4, -0.2) is 11.1 Å². The van der Waals surface area contributed by atoms with Crippen molar-refractivity contribution in [2.45, 2.75) is 169 Å². The van der Waals surface area contributed by atoms with E-state index in [2.05, 4.69) is 20.8 Å². The largest absolute Gasteiger partial charge is 0.481 e. The van der Waals surface area contributed by atoms with Crippen LogP contribution < -0.4 is 0 Å². The molecule has 2 heteroatoms. The Morgan fingerprint density at radius 1 is 0.613 bits per heavy atom. The Morgan fingerprint density at radius 3 is 1.35 bits per heavy atom. The molecule has 2 unspecified atom stereocenters. The van der Waals surface area contributed by atoms with Crippen molar-refractivity contribution < 1.29 is 9.90 Å². The van der Waals surface area contributed by atoms with E-state index in [0.29, 0.717) is 5.92 Å². The molecule has 0 heterocycles. The Hall–Kier alpha value is -0.530. The van der Waals surface area contributed by atoms with Crippen LogP contribution in [0.3, 0.4) is 0 Å². The van der Waals surface area contributed by atoms with Crippen molar-refractivity contribution in [3.8, 4) is 0 Å². The minimum Gasteiger partial charge on any atom is -0.481 e. The number of rotatable bonds is 24. The number of hydrogen-bond acceptors (Lipinski definition) is 1. The molecule has 1 N–H and O–H groups in total. The average Bonchev–Trinajstić information content (AvgIpc) is 2.75. The molecule has 2 nitrogen and oxygen atoms in total. The SMILES string of the molecule is CCCCCCCCCCC(CCCCCCC)CC(C)(CCCCCCC)C(=O)O. The molecule has 0 aliphatic carbocycles. The van der Waals surface area contributed by atoms with E-state index in [1.807, 2.05) is 6.92 Å². The van der Waals surface area contributed by atoms with Crippen LogP contribution in [-0.2, 0) is 4.79 Å². The zero-order valence-electron chi connectivity index (χ0n) is 22.0. The molecule has 0 aromatic carbocycles. The number of unbranched alkanes of at least 4 members (excludes halogenated alkanes) is 15. The summed E-state index contributed by atoms with van der Waals surface area (Å²) >= 11 is 0. The maximum absolute atomic E-state index is 12.2. The summed E-state index contributed by atoms with van der Waals surface area (Å²) in [4.78, 5) is 12.2. The fraction of sp³-hybridized carbons (Fsp3) is 0.966. The van der Waals surface area contributed by atoms with Crippen LogP contribution in [0.1, 0.15) is 169 Å². The first-order chi connectivity index (χ1) is 15.0. The summed E-state index contributed by atoms with van der Waals surface area (Å²) in [5.41, 5.74) is -0.527. The summed E-state index contributed by atoms with van der Waals surface area (Å²) < 4.78 is 0. The second-order valence-corrected chi connectivity index (χ2v) is 10.6. The smallest absolute Gasteiger partial charge is 0.309 e. The normalized spacial score (nSPS) is 14.5. The van der Waals surface area contributed by atoms with E-state index >= 15 is 0 Å². The number of carboxylic acids is 1. The molecule has 0 saturated heterocycles. The van der Waals surface area contributed by atoms with Crippen LogP contribution >= 0.6 is 0 Å². The van der Waals surface area contributed by atoms with Crippen molar-refractivity contribution in [2.24, 2.45) is 11.3 Å². The minimum atomic E-state index is -0.560. The van der Waals surface area contributed by atoms with Gasteiger partial charge < -0.3 is 5.11 Å².